The second kappa shape index (κ2) is 6.20. The monoisotopic (exact) mass is 260 g/mol. The largest absolute Gasteiger partial charge is 0.496 e. The molecule has 2 aromatic rings. The van der Waals surface area contributed by atoms with Gasteiger partial charge in [-0.25, -0.2) is 4.39 Å². The molecule has 0 aliphatic carbocycles. The fourth-order valence-corrected chi connectivity index (χ4v) is 1.95. The van der Waals surface area contributed by atoms with Gasteiger partial charge in [-0.15, -0.1) is 0 Å². The van der Waals surface area contributed by atoms with Gasteiger partial charge in [0.15, 0.2) is 0 Å². The molecule has 0 heterocycles. The first-order valence-electron chi connectivity index (χ1n) is 6.09. The fourth-order valence-electron chi connectivity index (χ4n) is 1.95. The molecule has 3 nitrogen and oxygen atoms in total. The minimum atomic E-state index is -0.245. The molecule has 0 amide bonds. The second-order valence-electron chi connectivity index (χ2n) is 4.16. The Labute approximate surface area is 112 Å². The Morgan fingerprint density at radius 3 is 2.53 bits per heavy atom. The molecule has 3 N–H and O–H groups in total. The average Bonchev–Trinajstić information content (AvgIpc) is 2.46. The number of halogens is 1. The van der Waals surface area contributed by atoms with Crippen molar-refractivity contribution >= 4 is 5.69 Å². The number of benzene rings is 2. The number of anilines is 1. The minimum Gasteiger partial charge on any atom is -0.496 e. The van der Waals surface area contributed by atoms with Crippen LogP contribution in [0.5, 0.6) is 5.75 Å². The third kappa shape index (κ3) is 3.23. The highest BCUT2D eigenvalue weighted by molar-refractivity contribution is 5.47. The standard InChI is InChI=1S/C15H17FN2O/c1-19-15-4-2-3-11(9-17)14(15)10-18-13-7-5-12(16)6-8-13/h2-8,18H,9-10,17H2,1H3. The number of hydrogen-bond donors (Lipinski definition) is 2. The maximum Gasteiger partial charge on any atom is 0.124 e. The Bertz CT molecular complexity index is 518. The van der Waals surface area contributed by atoms with Crippen molar-refractivity contribution in [2.75, 3.05) is 12.4 Å². The molecule has 2 rings (SSSR count). The molecule has 0 unspecified atom stereocenters. The molecular formula is C15H17FN2O. The summed E-state index contributed by atoms with van der Waals surface area (Å²) in [6.45, 7) is 1.04. The van der Waals surface area contributed by atoms with Crippen molar-refractivity contribution in [1.29, 1.82) is 0 Å². The molecule has 0 saturated heterocycles. The van der Waals surface area contributed by atoms with E-state index in [1.165, 1.54) is 12.1 Å². The van der Waals surface area contributed by atoms with Gasteiger partial charge < -0.3 is 15.8 Å². The Hall–Kier alpha value is -2.07. The highest BCUT2D eigenvalue weighted by atomic mass is 19.1. The van der Waals surface area contributed by atoms with E-state index in [0.717, 1.165) is 22.6 Å². The van der Waals surface area contributed by atoms with Crippen molar-refractivity contribution in [2.45, 2.75) is 13.1 Å². The van der Waals surface area contributed by atoms with Crippen LogP contribution in [-0.4, -0.2) is 7.11 Å². The van der Waals surface area contributed by atoms with Crippen LogP contribution in [0.2, 0.25) is 0 Å². The molecule has 100 valence electrons. The van der Waals surface area contributed by atoms with Crippen LogP contribution in [0.4, 0.5) is 10.1 Å². The molecule has 0 aromatic heterocycles. The zero-order valence-electron chi connectivity index (χ0n) is 10.8. The summed E-state index contributed by atoms with van der Waals surface area (Å²) in [7, 11) is 1.64. The SMILES string of the molecule is COc1cccc(CN)c1CNc1ccc(F)cc1. The van der Waals surface area contributed by atoms with E-state index in [1.54, 1.807) is 19.2 Å². The van der Waals surface area contributed by atoms with Gasteiger partial charge in [-0.05, 0) is 35.9 Å². The summed E-state index contributed by atoms with van der Waals surface area (Å²) in [6.07, 6.45) is 0. The average molecular weight is 260 g/mol. The molecule has 0 fully saturated rings. The van der Waals surface area contributed by atoms with Crippen LogP contribution in [0, 0.1) is 5.82 Å². The quantitative estimate of drug-likeness (QED) is 0.869. The van der Waals surface area contributed by atoms with Crippen molar-refractivity contribution in [1.82, 2.24) is 0 Å². The summed E-state index contributed by atoms with van der Waals surface area (Å²) < 4.78 is 18.2. The van der Waals surface area contributed by atoms with E-state index in [9.17, 15) is 4.39 Å². The lowest BCUT2D eigenvalue weighted by molar-refractivity contribution is 0.409. The number of methoxy groups -OCH3 is 1. The van der Waals surface area contributed by atoms with Gasteiger partial charge in [0.1, 0.15) is 11.6 Å². The number of rotatable bonds is 5. The number of hydrogen-bond acceptors (Lipinski definition) is 3. The van der Waals surface area contributed by atoms with Crippen molar-refractivity contribution in [3.8, 4) is 5.75 Å². The third-order valence-corrected chi connectivity index (χ3v) is 2.98. The van der Waals surface area contributed by atoms with Crippen molar-refractivity contribution < 1.29 is 9.13 Å². The number of ether oxygens (including phenoxy) is 1. The van der Waals surface area contributed by atoms with E-state index in [0.29, 0.717) is 13.1 Å². The molecular weight excluding hydrogens is 243 g/mol. The normalized spacial score (nSPS) is 10.3. The summed E-state index contributed by atoms with van der Waals surface area (Å²) >= 11 is 0. The molecule has 0 atom stereocenters. The van der Waals surface area contributed by atoms with E-state index in [1.807, 2.05) is 18.2 Å². The molecule has 0 aliphatic rings. The zero-order valence-corrected chi connectivity index (χ0v) is 10.8. The van der Waals surface area contributed by atoms with Gasteiger partial charge in [0, 0.05) is 24.3 Å². The van der Waals surface area contributed by atoms with E-state index in [4.69, 9.17) is 10.5 Å². The predicted molar refractivity (Wildman–Crippen MR) is 74.6 cm³/mol. The number of nitrogens with two attached hydrogens (primary N) is 1. The van der Waals surface area contributed by atoms with Gasteiger partial charge in [0.25, 0.3) is 0 Å². The van der Waals surface area contributed by atoms with E-state index in [-0.39, 0.29) is 5.82 Å². The maximum atomic E-state index is 12.8. The van der Waals surface area contributed by atoms with Gasteiger partial charge in [0.05, 0.1) is 7.11 Å². The first-order valence-corrected chi connectivity index (χ1v) is 6.09. The third-order valence-electron chi connectivity index (χ3n) is 2.98. The highest BCUT2D eigenvalue weighted by Crippen LogP contribution is 2.23. The Kier molecular flexibility index (Phi) is 4.36. The van der Waals surface area contributed by atoms with Crippen LogP contribution >= 0.6 is 0 Å². The van der Waals surface area contributed by atoms with Gasteiger partial charge >= 0.3 is 0 Å². The topological polar surface area (TPSA) is 47.3 Å². The van der Waals surface area contributed by atoms with E-state index >= 15 is 0 Å². The molecule has 0 saturated carbocycles. The molecule has 19 heavy (non-hydrogen) atoms. The Morgan fingerprint density at radius 1 is 1.16 bits per heavy atom. The first-order chi connectivity index (χ1) is 9.24. The highest BCUT2D eigenvalue weighted by Gasteiger charge is 2.07. The Balaban J connectivity index is 2.16. The lowest BCUT2D eigenvalue weighted by Crippen LogP contribution is -2.08. The molecule has 0 aliphatic heterocycles. The van der Waals surface area contributed by atoms with E-state index < -0.39 is 0 Å². The van der Waals surface area contributed by atoms with Crippen LogP contribution in [-0.2, 0) is 13.1 Å². The summed E-state index contributed by atoms with van der Waals surface area (Å²) in [4.78, 5) is 0. The van der Waals surface area contributed by atoms with Crippen LogP contribution in [0.3, 0.4) is 0 Å². The summed E-state index contributed by atoms with van der Waals surface area (Å²) in [5.74, 6) is 0.558. The molecule has 0 radical (unpaired) electrons. The lowest BCUT2D eigenvalue weighted by Gasteiger charge is -2.14. The maximum absolute atomic E-state index is 12.8. The van der Waals surface area contributed by atoms with Gasteiger partial charge in [-0.2, -0.15) is 0 Å². The molecule has 0 spiro atoms. The van der Waals surface area contributed by atoms with Crippen LogP contribution in [0.25, 0.3) is 0 Å². The van der Waals surface area contributed by atoms with Crippen LogP contribution in [0.15, 0.2) is 42.5 Å². The second-order valence-corrected chi connectivity index (χ2v) is 4.16. The van der Waals surface area contributed by atoms with Gasteiger partial charge in [0.2, 0.25) is 0 Å². The van der Waals surface area contributed by atoms with Crippen LogP contribution < -0.4 is 15.8 Å². The fraction of sp³-hybridized carbons (Fsp3) is 0.200. The molecule has 2 aromatic carbocycles. The van der Waals surface area contributed by atoms with Crippen molar-refractivity contribution in [2.24, 2.45) is 5.73 Å². The molecule has 4 heteroatoms. The summed E-state index contributed by atoms with van der Waals surface area (Å²) in [5.41, 5.74) is 8.65. The van der Waals surface area contributed by atoms with Gasteiger partial charge in [-0.1, -0.05) is 12.1 Å². The summed E-state index contributed by atoms with van der Waals surface area (Å²) in [6, 6.07) is 12.1. The summed E-state index contributed by atoms with van der Waals surface area (Å²) in [5, 5.41) is 3.24. The number of nitrogens with one attached hydrogen (secondary N) is 1. The smallest absolute Gasteiger partial charge is 0.124 e. The zero-order chi connectivity index (χ0) is 13.7. The van der Waals surface area contributed by atoms with Gasteiger partial charge in [-0.3, -0.25) is 0 Å². The van der Waals surface area contributed by atoms with Crippen molar-refractivity contribution in [3.63, 3.8) is 0 Å². The Morgan fingerprint density at radius 2 is 1.89 bits per heavy atom. The van der Waals surface area contributed by atoms with Crippen molar-refractivity contribution in [3.05, 3.63) is 59.4 Å². The van der Waals surface area contributed by atoms with Crippen LogP contribution in [0.1, 0.15) is 11.1 Å². The lowest BCUT2D eigenvalue weighted by atomic mass is 10.1. The first kappa shape index (κ1) is 13.4. The molecule has 0 bridgehead atoms. The minimum absolute atomic E-state index is 0.245. The van der Waals surface area contributed by atoms with E-state index in [2.05, 4.69) is 5.32 Å². The predicted octanol–water partition coefficient (Wildman–Crippen LogP) is 2.91.